The molecule has 0 aliphatic carbocycles. The van der Waals surface area contributed by atoms with Crippen LogP contribution >= 0.6 is 0 Å². The average Bonchev–Trinajstić information content (AvgIpc) is 3.32. The minimum absolute atomic E-state index is 0.0729. The molecular formula is C30H36F2N6O2. The standard InChI is InChI=1S/C28H30F2N6O2.C2H6/c1-6-13(2)22-23-15(4)21(37)10-9-20(23)35-24(22)25(26(31)38)34-16(5)18-11-17(29)12-32-27(18)36-28-19(30)8-7-14(3)33-28;1-2/h7-12,28,33,35,37H,6H2,1-5H3,(H2,31,38)(H,32,36);1-2H3/b22-13+,25-24+,34-16?;. The van der Waals surface area contributed by atoms with Crippen molar-refractivity contribution in [1.82, 2.24) is 15.3 Å². The molecule has 1 amide bonds. The van der Waals surface area contributed by atoms with Crippen LogP contribution in [0.3, 0.4) is 0 Å². The molecule has 2 aromatic heterocycles. The minimum atomic E-state index is -0.915. The summed E-state index contributed by atoms with van der Waals surface area (Å²) in [7, 11) is 0. The lowest BCUT2D eigenvalue weighted by atomic mass is 10.0. The van der Waals surface area contributed by atoms with E-state index in [0.717, 1.165) is 28.1 Å². The van der Waals surface area contributed by atoms with Gasteiger partial charge in [0.25, 0.3) is 5.91 Å². The number of nitrogens with two attached hydrogens (primary N) is 1. The number of aromatic amines is 1. The van der Waals surface area contributed by atoms with Gasteiger partial charge in [0.1, 0.15) is 23.2 Å². The predicted octanol–water partition coefficient (Wildman–Crippen LogP) is 4.52. The fourth-order valence-corrected chi connectivity index (χ4v) is 4.41. The Morgan fingerprint density at radius 2 is 1.90 bits per heavy atom. The van der Waals surface area contributed by atoms with E-state index in [1.807, 2.05) is 27.7 Å². The normalized spacial score (nSPS) is 16.7. The summed E-state index contributed by atoms with van der Waals surface area (Å²) in [6, 6.07) is 4.50. The SMILES string of the molecule is CC.CC/C(C)=c1/c(=C(\N=C(C)c2cc(F)cnc2NC2NC(C)=CC=C2F)C(N)=O)[nH]c2ccc(O)c(C)c12. The molecule has 0 saturated carbocycles. The van der Waals surface area contributed by atoms with Crippen molar-refractivity contribution < 1.29 is 18.7 Å². The second kappa shape index (κ2) is 12.6. The highest BCUT2D eigenvalue weighted by atomic mass is 19.1. The van der Waals surface area contributed by atoms with E-state index in [9.17, 15) is 18.7 Å². The summed E-state index contributed by atoms with van der Waals surface area (Å²) >= 11 is 0. The highest BCUT2D eigenvalue weighted by Gasteiger charge is 2.21. The summed E-state index contributed by atoms with van der Waals surface area (Å²) in [5.74, 6) is -1.61. The summed E-state index contributed by atoms with van der Waals surface area (Å²) in [6.07, 6.45) is 3.70. The van der Waals surface area contributed by atoms with Gasteiger partial charge in [-0.25, -0.2) is 18.8 Å². The number of pyridine rings is 1. The van der Waals surface area contributed by atoms with E-state index < -0.39 is 23.7 Å². The zero-order valence-electron chi connectivity index (χ0n) is 23.8. The first-order valence-corrected chi connectivity index (χ1v) is 13.1. The van der Waals surface area contributed by atoms with E-state index in [1.165, 1.54) is 12.1 Å². The molecule has 3 aromatic rings. The van der Waals surface area contributed by atoms with Gasteiger partial charge in [0.15, 0.2) is 11.9 Å². The van der Waals surface area contributed by atoms with Crippen LogP contribution in [0.2, 0.25) is 0 Å². The van der Waals surface area contributed by atoms with Crippen LogP contribution in [0.15, 0.2) is 53.1 Å². The topological polar surface area (TPSA) is 128 Å². The Morgan fingerprint density at radius 3 is 2.55 bits per heavy atom. The van der Waals surface area contributed by atoms with Crippen LogP contribution in [0.5, 0.6) is 5.75 Å². The van der Waals surface area contributed by atoms with Gasteiger partial charge in [0.05, 0.1) is 11.5 Å². The maximum Gasteiger partial charge on any atom is 0.269 e. The average molecular weight is 551 g/mol. The van der Waals surface area contributed by atoms with Gasteiger partial charge >= 0.3 is 0 Å². The van der Waals surface area contributed by atoms with Gasteiger partial charge in [-0.3, -0.25) is 4.79 Å². The number of amides is 1. The number of rotatable bonds is 6. The molecule has 1 atom stereocenters. The number of nitrogens with zero attached hydrogens (tertiary/aromatic N) is 2. The molecule has 4 rings (SSSR count). The van der Waals surface area contributed by atoms with E-state index in [-0.39, 0.29) is 28.5 Å². The maximum atomic E-state index is 14.4. The van der Waals surface area contributed by atoms with Crippen molar-refractivity contribution >= 4 is 39.6 Å². The van der Waals surface area contributed by atoms with Crippen LogP contribution in [-0.2, 0) is 4.79 Å². The molecule has 40 heavy (non-hydrogen) atoms. The van der Waals surface area contributed by atoms with Crippen LogP contribution in [0.25, 0.3) is 22.2 Å². The van der Waals surface area contributed by atoms with Crippen LogP contribution in [0.4, 0.5) is 14.6 Å². The van der Waals surface area contributed by atoms with Crippen LogP contribution in [0.1, 0.15) is 59.1 Å². The third-order valence-corrected chi connectivity index (χ3v) is 6.57. The number of aromatic nitrogens is 2. The number of aliphatic imine (C=N–C) groups is 1. The van der Waals surface area contributed by atoms with Gasteiger partial charge in [-0.1, -0.05) is 26.3 Å². The highest BCUT2D eigenvalue weighted by Crippen LogP contribution is 2.24. The van der Waals surface area contributed by atoms with Crippen LogP contribution in [-0.4, -0.2) is 32.9 Å². The van der Waals surface area contributed by atoms with Gasteiger partial charge in [0.2, 0.25) is 0 Å². The summed E-state index contributed by atoms with van der Waals surface area (Å²) in [5.41, 5.74) is 9.24. The van der Waals surface area contributed by atoms with Crippen LogP contribution in [0, 0.1) is 12.7 Å². The second-order valence-corrected chi connectivity index (χ2v) is 9.22. The number of carbonyl (C=O) groups excluding carboxylic acids is 1. The van der Waals surface area contributed by atoms with E-state index >= 15 is 0 Å². The summed E-state index contributed by atoms with van der Waals surface area (Å²) in [5, 5.41) is 18.1. The fourth-order valence-electron chi connectivity index (χ4n) is 4.41. The van der Waals surface area contributed by atoms with Crippen molar-refractivity contribution in [3.63, 3.8) is 0 Å². The fraction of sp³-hybridized carbons (Fsp3) is 0.300. The Balaban J connectivity index is 0.00000216. The summed E-state index contributed by atoms with van der Waals surface area (Å²) < 4.78 is 28.7. The number of dihydropyridines is 1. The Kier molecular flexibility index (Phi) is 9.47. The quantitative estimate of drug-likeness (QED) is 0.288. The minimum Gasteiger partial charge on any atom is -0.508 e. The number of carbonyl (C=O) groups is 1. The number of nitrogens with one attached hydrogen (secondary N) is 3. The van der Waals surface area contributed by atoms with Crippen LogP contribution < -0.4 is 26.9 Å². The first-order chi connectivity index (χ1) is 19.0. The number of phenols is 1. The molecule has 6 N–H and O–H groups in total. The van der Waals surface area contributed by atoms with Crippen molar-refractivity contribution in [3.8, 4) is 5.75 Å². The van der Waals surface area contributed by atoms with Crippen molar-refractivity contribution in [1.29, 1.82) is 0 Å². The Morgan fingerprint density at radius 1 is 1.20 bits per heavy atom. The molecule has 1 unspecified atom stereocenters. The van der Waals surface area contributed by atoms with E-state index in [4.69, 9.17) is 5.73 Å². The monoisotopic (exact) mass is 550 g/mol. The maximum absolute atomic E-state index is 14.4. The molecule has 0 fully saturated rings. The van der Waals surface area contributed by atoms with Crippen molar-refractivity contribution in [2.75, 3.05) is 5.32 Å². The Labute approximate surface area is 232 Å². The van der Waals surface area contributed by atoms with Crippen molar-refractivity contribution in [3.05, 3.63) is 75.6 Å². The molecule has 212 valence electrons. The van der Waals surface area contributed by atoms with Gasteiger partial charge < -0.3 is 26.5 Å². The lowest BCUT2D eigenvalue weighted by Gasteiger charge is -2.24. The van der Waals surface area contributed by atoms with E-state index in [2.05, 4.69) is 25.6 Å². The van der Waals surface area contributed by atoms with Gasteiger partial charge in [-0.05, 0) is 64.5 Å². The summed E-state index contributed by atoms with van der Waals surface area (Å²) in [6.45, 7) is 13.1. The van der Waals surface area contributed by atoms with E-state index in [0.29, 0.717) is 22.9 Å². The molecular weight excluding hydrogens is 514 g/mol. The Bertz CT molecular complexity index is 1670. The zero-order valence-corrected chi connectivity index (χ0v) is 23.8. The number of phenolic OH excluding ortho intramolecular Hbond substituents is 1. The number of fused-ring (bicyclic) bond motifs is 1. The molecule has 10 heteroatoms. The van der Waals surface area contributed by atoms with Crippen molar-refractivity contribution in [2.24, 2.45) is 10.7 Å². The molecule has 0 radical (unpaired) electrons. The number of H-pyrrole nitrogens is 1. The van der Waals surface area contributed by atoms with Crippen molar-refractivity contribution in [2.45, 2.75) is 61.1 Å². The second-order valence-electron chi connectivity index (χ2n) is 9.22. The lowest BCUT2D eigenvalue weighted by molar-refractivity contribution is -0.113. The number of benzene rings is 1. The molecule has 3 heterocycles. The lowest BCUT2D eigenvalue weighted by Crippen LogP contribution is -2.38. The smallest absolute Gasteiger partial charge is 0.269 e. The number of allylic oxidation sites excluding steroid dienone is 3. The number of primary amides is 1. The largest absolute Gasteiger partial charge is 0.508 e. The number of hydrogen-bond donors (Lipinski definition) is 5. The molecule has 1 aliphatic rings. The first-order valence-electron chi connectivity index (χ1n) is 13.1. The number of halogens is 2. The molecule has 8 nitrogen and oxygen atoms in total. The molecule has 0 saturated heterocycles. The third kappa shape index (κ3) is 6.06. The van der Waals surface area contributed by atoms with E-state index in [1.54, 1.807) is 39.0 Å². The third-order valence-electron chi connectivity index (χ3n) is 6.57. The molecule has 1 aliphatic heterocycles. The zero-order chi connectivity index (χ0) is 29.7. The number of hydrogen-bond acceptors (Lipinski definition) is 6. The van der Waals surface area contributed by atoms with Gasteiger partial charge in [-0.15, -0.1) is 0 Å². The molecule has 0 bridgehead atoms. The molecule has 0 spiro atoms. The first kappa shape index (κ1) is 30.1. The van der Waals surface area contributed by atoms with Gasteiger partial charge in [-0.2, -0.15) is 0 Å². The predicted molar refractivity (Wildman–Crippen MR) is 157 cm³/mol. The summed E-state index contributed by atoms with van der Waals surface area (Å²) in [4.78, 5) is 24.6. The highest BCUT2D eigenvalue weighted by molar-refractivity contribution is 6.17. The molecule has 1 aromatic carbocycles. The number of aromatic hydroxyl groups is 1. The van der Waals surface area contributed by atoms with Gasteiger partial charge in [0, 0.05) is 38.7 Å². The number of anilines is 1. The Hall–Kier alpha value is -4.47. The number of aryl methyl sites for hydroxylation is 1.